The molecule has 0 radical (unpaired) electrons. The Kier molecular flexibility index (Phi) is 6.18. The van der Waals surface area contributed by atoms with E-state index >= 15 is 0 Å². The smallest absolute Gasteiger partial charge is 0.271 e. The maximum atomic E-state index is 13.3. The number of piperazine rings is 1. The number of ether oxygens (including phenoxy) is 1. The average molecular weight is 438 g/mol. The van der Waals surface area contributed by atoms with Gasteiger partial charge in [0.05, 0.1) is 11.5 Å². The third-order valence-electron chi connectivity index (χ3n) is 5.22. The molecule has 0 atom stereocenters. The van der Waals surface area contributed by atoms with Crippen LogP contribution in [0.15, 0.2) is 60.7 Å². The maximum Gasteiger partial charge on any atom is 0.271 e. The van der Waals surface area contributed by atoms with Crippen LogP contribution in [-0.2, 0) is 0 Å². The number of benzene rings is 2. The molecule has 0 bridgehead atoms. The van der Waals surface area contributed by atoms with Crippen LogP contribution >= 0.6 is 11.3 Å². The number of carbonyl (C=O) groups is 1. The van der Waals surface area contributed by atoms with Gasteiger partial charge < -0.3 is 14.5 Å². The fraction of sp³-hybridized carbons (Fsp3) is 0.261. The number of rotatable bonds is 6. The summed E-state index contributed by atoms with van der Waals surface area (Å²) < 4.78 is 5.77. The lowest BCUT2D eigenvalue weighted by Crippen LogP contribution is -2.48. The van der Waals surface area contributed by atoms with Gasteiger partial charge in [0.25, 0.3) is 11.6 Å². The van der Waals surface area contributed by atoms with E-state index in [1.165, 1.54) is 17.4 Å². The first-order valence-corrected chi connectivity index (χ1v) is 11.0. The van der Waals surface area contributed by atoms with E-state index in [1.54, 1.807) is 12.1 Å². The third-order valence-corrected chi connectivity index (χ3v) is 6.38. The molecule has 0 N–H and O–H groups in total. The van der Waals surface area contributed by atoms with E-state index in [4.69, 9.17) is 4.74 Å². The highest BCUT2D eigenvalue weighted by Crippen LogP contribution is 2.37. The fourth-order valence-electron chi connectivity index (χ4n) is 3.65. The van der Waals surface area contributed by atoms with E-state index in [9.17, 15) is 14.9 Å². The molecule has 1 fully saturated rings. The second kappa shape index (κ2) is 9.18. The maximum absolute atomic E-state index is 13.3. The zero-order valence-electron chi connectivity index (χ0n) is 17.2. The van der Waals surface area contributed by atoms with Crippen LogP contribution in [0.5, 0.6) is 5.75 Å². The first-order valence-electron chi connectivity index (χ1n) is 10.2. The minimum Gasteiger partial charge on any atom is -0.492 e. The number of amides is 1. The second-order valence-corrected chi connectivity index (χ2v) is 8.21. The minimum absolute atomic E-state index is 0.0330. The SMILES string of the molecule is CCOc1cc(-c2ccccc2)sc1C(=O)N1CCN(c2cccc([N+](=O)[O-])c2)CC1. The lowest BCUT2D eigenvalue weighted by molar-refractivity contribution is -0.384. The summed E-state index contributed by atoms with van der Waals surface area (Å²) in [6.45, 7) is 4.73. The van der Waals surface area contributed by atoms with Crippen molar-refractivity contribution in [2.24, 2.45) is 0 Å². The van der Waals surface area contributed by atoms with Gasteiger partial charge in [0.2, 0.25) is 0 Å². The molecule has 0 saturated carbocycles. The molecule has 8 heteroatoms. The van der Waals surface area contributed by atoms with Gasteiger partial charge in [0.15, 0.2) is 0 Å². The van der Waals surface area contributed by atoms with Gasteiger partial charge in [0, 0.05) is 48.9 Å². The Morgan fingerprint density at radius 2 is 1.81 bits per heavy atom. The van der Waals surface area contributed by atoms with E-state index in [0.717, 1.165) is 16.1 Å². The van der Waals surface area contributed by atoms with E-state index in [1.807, 2.05) is 54.3 Å². The molecule has 1 amide bonds. The zero-order chi connectivity index (χ0) is 21.8. The Hall–Kier alpha value is -3.39. The van der Waals surface area contributed by atoms with Crippen molar-refractivity contribution in [3.8, 4) is 16.2 Å². The standard InChI is InChI=1S/C23H23N3O4S/c1-2-30-20-16-21(17-7-4-3-5-8-17)31-22(20)23(27)25-13-11-24(12-14-25)18-9-6-10-19(15-18)26(28)29/h3-10,15-16H,2,11-14H2,1H3. The molecule has 31 heavy (non-hydrogen) atoms. The van der Waals surface area contributed by atoms with Crippen molar-refractivity contribution in [1.82, 2.24) is 4.90 Å². The van der Waals surface area contributed by atoms with Gasteiger partial charge in [-0.25, -0.2) is 0 Å². The first-order chi connectivity index (χ1) is 15.1. The highest BCUT2D eigenvalue weighted by molar-refractivity contribution is 7.17. The number of anilines is 1. The van der Waals surface area contributed by atoms with Gasteiger partial charge in [-0.1, -0.05) is 36.4 Å². The number of nitro benzene ring substituents is 1. The van der Waals surface area contributed by atoms with Crippen LogP contribution in [0, 0.1) is 10.1 Å². The molecular formula is C23H23N3O4S. The topological polar surface area (TPSA) is 75.9 Å². The zero-order valence-corrected chi connectivity index (χ0v) is 18.0. The number of nitrogens with zero attached hydrogens (tertiary/aromatic N) is 3. The summed E-state index contributed by atoms with van der Waals surface area (Å²) in [5.74, 6) is 0.590. The average Bonchev–Trinajstić information content (AvgIpc) is 3.23. The molecule has 0 spiro atoms. The number of hydrogen-bond donors (Lipinski definition) is 0. The number of carbonyl (C=O) groups excluding carboxylic acids is 1. The van der Waals surface area contributed by atoms with Crippen LogP contribution in [0.3, 0.4) is 0 Å². The molecule has 0 aliphatic carbocycles. The molecule has 1 saturated heterocycles. The molecule has 7 nitrogen and oxygen atoms in total. The summed E-state index contributed by atoms with van der Waals surface area (Å²) >= 11 is 1.45. The van der Waals surface area contributed by atoms with E-state index < -0.39 is 0 Å². The summed E-state index contributed by atoms with van der Waals surface area (Å²) in [5.41, 5.74) is 1.94. The van der Waals surface area contributed by atoms with Crippen molar-refractivity contribution in [3.05, 3.63) is 75.7 Å². The van der Waals surface area contributed by atoms with Crippen molar-refractivity contribution in [2.75, 3.05) is 37.7 Å². The molecule has 3 aromatic rings. The first kappa shape index (κ1) is 20.9. The van der Waals surface area contributed by atoms with Crippen molar-refractivity contribution in [3.63, 3.8) is 0 Å². The van der Waals surface area contributed by atoms with Crippen molar-refractivity contribution in [2.45, 2.75) is 6.92 Å². The van der Waals surface area contributed by atoms with Crippen molar-refractivity contribution in [1.29, 1.82) is 0 Å². The van der Waals surface area contributed by atoms with Gasteiger partial charge >= 0.3 is 0 Å². The molecule has 1 aliphatic rings. The summed E-state index contributed by atoms with van der Waals surface area (Å²) in [6.07, 6.45) is 0. The highest BCUT2D eigenvalue weighted by atomic mass is 32.1. The van der Waals surface area contributed by atoms with E-state index in [0.29, 0.717) is 43.4 Å². The molecule has 1 aliphatic heterocycles. The van der Waals surface area contributed by atoms with Gasteiger partial charge in [-0.3, -0.25) is 14.9 Å². The Morgan fingerprint density at radius 1 is 1.06 bits per heavy atom. The van der Waals surface area contributed by atoms with Crippen LogP contribution in [0.25, 0.3) is 10.4 Å². The Morgan fingerprint density at radius 3 is 2.48 bits per heavy atom. The molecule has 2 aromatic carbocycles. The van der Waals surface area contributed by atoms with E-state index in [-0.39, 0.29) is 16.5 Å². The number of hydrogen-bond acceptors (Lipinski definition) is 6. The van der Waals surface area contributed by atoms with Gasteiger partial charge in [-0.05, 0) is 24.6 Å². The highest BCUT2D eigenvalue weighted by Gasteiger charge is 2.27. The summed E-state index contributed by atoms with van der Waals surface area (Å²) in [6, 6.07) is 18.5. The quantitative estimate of drug-likeness (QED) is 0.413. The van der Waals surface area contributed by atoms with Crippen molar-refractivity contribution < 1.29 is 14.5 Å². The minimum atomic E-state index is -0.389. The predicted octanol–water partition coefficient (Wildman–Crippen LogP) is 4.68. The third kappa shape index (κ3) is 4.54. The second-order valence-electron chi connectivity index (χ2n) is 7.16. The molecule has 0 unspecified atom stereocenters. The Labute approximate surface area is 184 Å². The van der Waals surface area contributed by atoms with Gasteiger partial charge in [-0.15, -0.1) is 11.3 Å². The molecule has 160 valence electrons. The number of nitro groups is 1. The molecule has 4 rings (SSSR count). The summed E-state index contributed by atoms with van der Waals surface area (Å²) in [4.78, 5) is 29.5. The van der Waals surface area contributed by atoms with Crippen LogP contribution in [-0.4, -0.2) is 48.5 Å². The molecule has 1 aromatic heterocycles. The van der Waals surface area contributed by atoms with E-state index in [2.05, 4.69) is 4.90 Å². The van der Waals surface area contributed by atoms with Gasteiger partial charge in [-0.2, -0.15) is 0 Å². The Bertz CT molecular complexity index is 1080. The summed E-state index contributed by atoms with van der Waals surface area (Å²) in [7, 11) is 0. The number of thiophene rings is 1. The van der Waals surface area contributed by atoms with Crippen LogP contribution in [0.2, 0.25) is 0 Å². The normalized spacial score (nSPS) is 13.8. The summed E-state index contributed by atoms with van der Waals surface area (Å²) in [5, 5.41) is 11.0. The van der Waals surface area contributed by atoms with Gasteiger partial charge in [0.1, 0.15) is 10.6 Å². The Balaban J connectivity index is 1.49. The van der Waals surface area contributed by atoms with Crippen LogP contribution in [0.4, 0.5) is 11.4 Å². The lowest BCUT2D eigenvalue weighted by Gasteiger charge is -2.36. The number of non-ortho nitro benzene ring substituents is 1. The predicted molar refractivity (Wildman–Crippen MR) is 122 cm³/mol. The largest absolute Gasteiger partial charge is 0.492 e. The monoisotopic (exact) mass is 437 g/mol. The lowest BCUT2D eigenvalue weighted by atomic mass is 10.2. The van der Waals surface area contributed by atoms with Crippen molar-refractivity contribution >= 4 is 28.6 Å². The fourth-order valence-corrected chi connectivity index (χ4v) is 4.72. The van der Waals surface area contributed by atoms with Crippen LogP contribution in [0.1, 0.15) is 16.6 Å². The van der Waals surface area contributed by atoms with Crippen LogP contribution < -0.4 is 9.64 Å². The molecular weight excluding hydrogens is 414 g/mol. The molecule has 2 heterocycles.